The Balaban J connectivity index is 2.86. The molecule has 0 atom stereocenters. The first-order valence-electron chi connectivity index (χ1n) is 5.09. The molecule has 15 heavy (non-hydrogen) atoms. The van der Waals surface area contributed by atoms with Crippen molar-refractivity contribution < 1.29 is 9.53 Å². The van der Waals surface area contributed by atoms with Gasteiger partial charge >= 0.3 is 5.97 Å². The Morgan fingerprint density at radius 1 is 1.40 bits per heavy atom. The van der Waals surface area contributed by atoms with Crippen LogP contribution in [0.1, 0.15) is 43.7 Å². The summed E-state index contributed by atoms with van der Waals surface area (Å²) in [5, 5.41) is 0. The summed E-state index contributed by atoms with van der Waals surface area (Å²) >= 11 is 0. The third-order valence-corrected chi connectivity index (χ3v) is 2.11. The van der Waals surface area contributed by atoms with E-state index in [0.29, 0.717) is 12.3 Å². The van der Waals surface area contributed by atoms with E-state index in [9.17, 15) is 4.79 Å². The number of nitrogens with zero attached hydrogens (tertiary/aromatic N) is 1. The summed E-state index contributed by atoms with van der Waals surface area (Å²) in [7, 11) is 0. The minimum Gasteiger partial charge on any atom is -0.461 e. The number of carbonyl (C=O) groups excluding carboxylic acids is 1. The molecule has 3 heteroatoms. The molecule has 82 valence electrons. The maximum absolute atomic E-state index is 11.3. The van der Waals surface area contributed by atoms with Gasteiger partial charge in [-0.2, -0.15) is 0 Å². The summed E-state index contributed by atoms with van der Waals surface area (Å²) < 4.78 is 4.85. The van der Waals surface area contributed by atoms with Crippen molar-refractivity contribution in [1.82, 2.24) is 4.98 Å². The lowest BCUT2D eigenvalue weighted by Crippen LogP contribution is -2.13. The number of carbonyl (C=O) groups is 1. The third kappa shape index (κ3) is 3.05. The Labute approximate surface area is 90.5 Å². The largest absolute Gasteiger partial charge is 0.461 e. The zero-order chi connectivity index (χ0) is 11.5. The molecule has 1 heterocycles. The molecule has 0 fully saturated rings. The molecule has 0 radical (unpaired) electrons. The fourth-order valence-corrected chi connectivity index (χ4v) is 1.16. The van der Waals surface area contributed by atoms with Gasteiger partial charge in [-0.1, -0.05) is 26.8 Å². The zero-order valence-corrected chi connectivity index (χ0v) is 9.70. The minimum absolute atomic E-state index is 0.0557. The molecule has 0 saturated heterocycles. The second kappa shape index (κ2) is 4.43. The van der Waals surface area contributed by atoms with Gasteiger partial charge in [0.1, 0.15) is 5.69 Å². The van der Waals surface area contributed by atoms with Crippen LogP contribution in [0.15, 0.2) is 18.3 Å². The van der Waals surface area contributed by atoms with Gasteiger partial charge in [0.2, 0.25) is 0 Å². The SMILES string of the molecule is CCOC(=O)c1ccc(C(C)(C)C)cn1. The molecule has 0 aliphatic rings. The van der Waals surface area contributed by atoms with E-state index < -0.39 is 0 Å². The van der Waals surface area contributed by atoms with Crippen LogP contribution in [0.2, 0.25) is 0 Å². The van der Waals surface area contributed by atoms with Crippen molar-refractivity contribution in [3.8, 4) is 0 Å². The fourth-order valence-electron chi connectivity index (χ4n) is 1.16. The van der Waals surface area contributed by atoms with Gasteiger partial charge in [0, 0.05) is 6.20 Å². The highest BCUT2D eigenvalue weighted by atomic mass is 16.5. The zero-order valence-electron chi connectivity index (χ0n) is 9.70. The van der Waals surface area contributed by atoms with Gasteiger partial charge in [-0.3, -0.25) is 0 Å². The molecule has 1 rings (SSSR count). The van der Waals surface area contributed by atoms with E-state index in [0.717, 1.165) is 5.56 Å². The molecule has 0 unspecified atom stereocenters. The van der Waals surface area contributed by atoms with E-state index in [2.05, 4.69) is 25.8 Å². The molecule has 1 aromatic rings. The molecule has 0 aliphatic carbocycles. The second-order valence-electron chi connectivity index (χ2n) is 4.40. The molecule has 0 saturated carbocycles. The van der Waals surface area contributed by atoms with E-state index in [1.54, 1.807) is 19.2 Å². The van der Waals surface area contributed by atoms with Crippen LogP contribution in [0.4, 0.5) is 0 Å². The topological polar surface area (TPSA) is 39.2 Å². The van der Waals surface area contributed by atoms with E-state index in [1.807, 2.05) is 6.07 Å². The highest BCUT2D eigenvalue weighted by Crippen LogP contribution is 2.20. The first-order valence-corrected chi connectivity index (χ1v) is 5.09. The van der Waals surface area contributed by atoms with Crippen LogP contribution in [0.3, 0.4) is 0 Å². The highest BCUT2D eigenvalue weighted by Gasteiger charge is 2.15. The van der Waals surface area contributed by atoms with E-state index in [4.69, 9.17) is 4.74 Å². The molecule has 3 nitrogen and oxygen atoms in total. The monoisotopic (exact) mass is 207 g/mol. The molecule has 0 N–H and O–H groups in total. The fraction of sp³-hybridized carbons (Fsp3) is 0.500. The van der Waals surface area contributed by atoms with Gasteiger partial charge in [-0.05, 0) is 24.0 Å². The molecule has 0 bridgehead atoms. The molecule has 0 amide bonds. The van der Waals surface area contributed by atoms with Crippen LogP contribution in [0, 0.1) is 0 Å². The summed E-state index contributed by atoms with van der Waals surface area (Å²) in [6.45, 7) is 8.47. The predicted octanol–water partition coefficient (Wildman–Crippen LogP) is 2.56. The molecule has 1 aromatic heterocycles. The standard InChI is InChI=1S/C12H17NO2/c1-5-15-11(14)10-7-6-9(8-13-10)12(2,3)4/h6-8H,5H2,1-4H3. The first-order chi connectivity index (χ1) is 6.95. The molecule has 0 aliphatic heterocycles. The summed E-state index contributed by atoms with van der Waals surface area (Å²) in [4.78, 5) is 15.4. The molecular weight excluding hydrogens is 190 g/mol. The normalized spacial score (nSPS) is 11.2. The quantitative estimate of drug-likeness (QED) is 0.699. The summed E-state index contributed by atoms with van der Waals surface area (Å²) in [6, 6.07) is 3.62. The number of esters is 1. The smallest absolute Gasteiger partial charge is 0.356 e. The van der Waals surface area contributed by atoms with Crippen LogP contribution >= 0.6 is 0 Å². The van der Waals surface area contributed by atoms with Gasteiger partial charge in [0.05, 0.1) is 6.61 Å². The molecule has 0 spiro atoms. The summed E-state index contributed by atoms with van der Waals surface area (Å²) in [5.41, 5.74) is 1.53. The van der Waals surface area contributed by atoms with Crippen molar-refractivity contribution in [2.75, 3.05) is 6.61 Å². The summed E-state index contributed by atoms with van der Waals surface area (Å²) in [6.07, 6.45) is 1.73. The number of aromatic nitrogens is 1. The van der Waals surface area contributed by atoms with Gasteiger partial charge in [-0.15, -0.1) is 0 Å². The Hall–Kier alpha value is -1.38. The number of rotatable bonds is 2. The first kappa shape index (κ1) is 11.7. The molecular formula is C12H17NO2. The van der Waals surface area contributed by atoms with Crippen LogP contribution in [-0.4, -0.2) is 17.6 Å². The van der Waals surface area contributed by atoms with Gasteiger partial charge in [0.15, 0.2) is 0 Å². The third-order valence-electron chi connectivity index (χ3n) is 2.11. The Morgan fingerprint density at radius 2 is 2.07 bits per heavy atom. The van der Waals surface area contributed by atoms with Crippen molar-refractivity contribution in [3.05, 3.63) is 29.6 Å². The Bertz CT molecular complexity index is 336. The van der Waals surface area contributed by atoms with E-state index in [1.165, 1.54) is 0 Å². The highest BCUT2D eigenvalue weighted by molar-refractivity contribution is 5.87. The van der Waals surface area contributed by atoms with Crippen LogP contribution < -0.4 is 0 Å². The van der Waals surface area contributed by atoms with E-state index >= 15 is 0 Å². The molecule has 0 aromatic carbocycles. The second-order valence-corrected chi connectivity index (χ2v) is 4.40. The Kier molecular flexibility index (Phi) is 3.45. The number of hydrogen-bond donors (Lipinski definition) is 0. The lowest BCUT2D eigenvalue weighted by atomic mass is 9.88. The average Bonchev–Trinajstić information content (AvgIpc) is 2.17. The maximum Gasteiger partial charge on any atom is 0.356 e. The van der Waals surface area contributed by atoms with Crippen molar-refractivity contribution in [2.24, 2.45) is 0 Å². The summed E-state index contributed by atoms with van der Waals surface area (Å²) in [5.74, 6) is -0.363. The van der Waals surface area contributed by atoms with E-state index in [-0.39, 0.29) is 11.4 Å². The van der Waals surface area contributed by atoms with Gasteiger partial charge in [0.25, 0.3) is 0 Å². The number of hydrogen-bond acceptors (Lipinski definition) is 3. The lowest BCUT2D eigenvalue weighted by Gasteiger charge is -2.18. The van der Waals surface area contributed by atoms with Crippen LogP contribution in [0.25, 0.3) is 0 Å². The van der Waals surface area contributed by atoms with Gasteiger partial charge in [-0.25, -0.2) is 9.78 Å². The maximum atomic E-state index is 11.3. The van der Waals surface area contributed by atoms with Crippen molar-refractivity contribution >= 4 is 5.97 Å². The van der Waals surface area contributed by atoms with Gasteiger partial charge < -0.3 is 4.74 Å². The van der Waals surface area contributed by atoms with Crippen molar-refractivity contribution in [2.45, 2.75) is 33.1 Å². The van der Waals surface area contributed by atoms with Crippen molar-refractivity contribution in [1.29, 1.82) is 0 Å². The van der Waals surface area contributed by atoms with Crippen LogP contribution in [-0.2, 0) is 10.2 Å². The number of ether oxygens (including phenoxy) is 1. The van der Waals surface area contributed by atoms with Crippen molar-refractivity contribution in [3.63, 3.8) is 0 Å². The van der Waals surface area contributed by atoms with Crippen LogP contribution in [0.5, 0.6) is 0 Å². The minimum atomic E-state index is -0.363. The predicted molar refractivity (Wildman–Crippen MR) is 58.9 cm³/mol. The number of pyridine rings is 1. The lowest BCUT2D eigenvalue weighted by molar-refractivity contribution is 0.0519. The Morgan fingerprint density at radius 3 is 2.47 bits per heavy atom. The average molecular weight is 207 g/mol.